The Kier molecular flexibility index (Phi) is 5.34. The standard InChI is InChI=1S/C19H29N3O/c20-19(11-5-2-6-12-19)18(23)21-17-9-13-22(14-10-17)15-16-7-3-1-4-8-16/h1,3-4,7-8,17H,2,5-6,9-15,20H2,(H,21,23). The summed E-state index contributed by atoms with van der Waals surface area (Å²) in [6.45, 7) is 3.08. The number of amides is 1. The monoisotopic (exact) mass is 315 g/mol. The largest absolute Gasteiger partial charge is 0.352 e. The molecular weight excluding hydrogens is 286 g/mol. The van der Waals surface area contributed by atoms with Crippen LogP contribution in [-0.4, -0.2) is 35.5 Å². The van der Waals surface area contributed by atoms with Gasteiger partial charge in [0.05, 0.1) is 5.54 Å². The quantitative estimate of drug-likeness (QED) is 0.897. The zero-order valence-electron chi connectivity index (χ0n) is 14.0. The van der Waals surface area contributed by atoms with Crippen LogP contribution >= 0.6 is 0 Å². The highest BCUT2D eigenvalue weighted by Crippen LogP contribution is 2.26. The first-order chi connectivity index (χ1) is 11.2. The van der Waals surface area contributed by atoms with Gasteiger partial charge in [-0.1, -0.05) is 49.6 Å². The van der Waals surface area contributed by atoms with Gasteiger partial charge in [0.1, 0.15) is 0 Å². The van der Waals surface area contributed by atoms with E-state index in [1.807, 2.05) is 0 Å². The molecule has 1 heterocycles. The van der Waals surface area contributed by atoms with Gasteiger partial charge >= 0.3 is 0 Å². The Labute approximate surface area is 139 Å². The first-order valence-electron chi connectivity index (χ1n) is 9.02. The second-order valence-electron chi connectivity index (χ2n) is 7.23. The van der Waals surface area contributed by atoms with E-state index in [1.54, 1.807) is 0 Å². The maximum absolute atomic E-state index is 12.5. The third-order valence-corrected chi connectivity index (χ3v) is 5.37. The van der Waals surface area contributed by atoms with Crippen LogP contribution in [0.15, 0.2) is 30.3 Å². The topological polar surface area (TPSA) is 58.4 Å². The number of carbonyl (C=O) groups is 1. The molecule has 0 aromatic heterocycles. The number of carbonyl (C=O) groups excluding carboxylic acids is 1. The summed E-state index contributed by atoms with van der Waals surface area (Å²) in [6.07, 6.45) is 7.10. The van der Waals surface area contributed by atoms with Crippen molar-refractivity contribution in [3.05, 3.63) is 35.9 Å². The summed E-state index contributed by atoms with van der Waals surface area (Å²) >= 11 is 0. The first kappa shape index (κ1) is 16.5. The second-order valence-corrected chi connectivity index (χ2v) is 7.23. The number of benzene rings is 1. The fourth-order valence-electron chi connectivity index (χ4n) is 3.82. The van der Waals surface area contributed by atoms with E-state index in [2.05, 4.69) is 40.5 Å². The molecule has 1 saturated heterocycles. The zero-order valence-corrected chi connectivity index (χ0v) is 14.0. The lowest BCUT2D eigenvalue weighted by molar-refractivity contribution is -0.128. The van der Waals surface area contributed by atoms with E-state index < -0.39 is 5.54 Å². The Balaban J connectivity index is 1.45. The fraction of sp³-hybridized carbons (Fsp3) is 0.632. The van der Waals surface area contributed by atoms with Gasteiger partial charge < -0.3 is 11.1 Å². The molecule has 0 bridgehead atoms. The summed E-state index contributed by atoms with van der Waals surface area (Å²) in [5, 5.41) is 3.22. The van der Waals surface area contributed by atoms with E-state index in [0.29, 0.717) is 0 Å². The summed E-state index contributed by atoms with van der Waals surface area (Å²) in [4.78, 5) is 15.0. The van der Waals surface area contributed by atoms with Gasteiger partial charge in [0.15, 0.2) is 0 Å². The van der Waals surface area contributed by atoms with Crippen molar-refractivity contribution in [2.45, 2.75) is 63.1 Å². The molecule has 0 atom stereocenters. The Morgan fingerprint density at radius 2 is 1.78 bits per heavy atom. The number of piperidine rings is 1. The molecule has 4 heteroatoms. The Bertz CT molecular complexity index is 503. The van der Waals surface area contributed by atoms with Crippen molar-refractivity contribution in [3.63, 3.8) is 0 Å². The molecule has 3 N–H and O–H groups in total. The van der Waals surface area contributed by atoms with E-state index in [4.69, 9.17) is 5.73 Å². The predicted octanol–water partition coefficient (Wildman–Crippen LogP) is 2.43. The summed E-state index contributed by atoms with van der Waals surface area (Å²) < 4.78 is 0. The molecule has 1 aliphatic heterocycles. The average molecular weight is 315 g/mol. The maximum atomic E-state index is 12.5. The van der Waals surface area contributed by atoms with Crippen LogP contribution in [0.4, 0.5) is 0 Å². The molecule has 1 aromatic carbocycles. The summed E-state index contributed by atoms with van der Waals surface area (Å²) in [7, 11) is 0. The van der Waals surface area contributed by atoms with Crippen molar-refractivity contribution < 1.29 is 4.79 Å². The third-order valence-electron chi connectivity index (χ3n) is 5.37. The van der Waals surface area contributed by atoms with E-state index in [0.717, 1.165) is 58.2 Å². The summed E-state index contributed by atoms with van der Waals surface area (Å²) in [5.74, 6) is 0.0821. The lowest BCUT2D eigenvalue weighted by atomic mass is 9.81. The number of nitrogens with two attached hydrogens (primary N) is 1. The molecule has 0 spiro atoms. The lowest BCUT2D eigenvalue weighted by Gasteiger charge is -2.36. The molecule has 23 heavy (non-hydrogen) atoms. The smallest absolute Gasteiger partial charge is 0.240 e. The van der Waals surface area contributed by atoms with Crippen LogP contribution in [-0.2, 0) is 11.3 Å². The van der Waals surface area contributed by atoms with Gasteiger partial charge in [-0.3, -0.25) is 9.69 Å². The van der Waals surface area contributed by atoms with Crippen molar-refractivity contribution in [1.82, 2.24) is 10.2 Å². The van der Waals surface area contributed by atoms with Crippen LogP contribution in [0.25, 0.3) is 0 Å². The van der Waals surface area contributed by atoms with Crippen molar-refractivity contribution in [1.29, 1.82) is 0 Å². The van der Waals surface area contributed by atoms with Crippen LogP contribution in [0, 0.1) is 0 Å². The third kappa shape index (κ3) is 4.33. The first-order valence-corrected chi connectivity index (χ1v) is 9.02. The molecule has 2 fully saturated rings. The number of hydrogen-bond donors (Lipinski definition) is 2. The van der Waals surface area contributed by atoms with Crippen LogP contribution in [0.2, 0.25) is 0 Å². The van der Waals surface area contributed by atoms with Gasteiger partial charge in [-0.25, -0.2) is 0 Å². The van der Waals surface area contributed by atoms with Gasteiger partial charge in [-0.05, 0) is 31.2 Å². The molecule has 1 aliphatic carbocycles. The molecule has 126 valence electrons. The van der Waals surface area contributed by atoms with Crippen molar-refractivity contribution in [2.24, 2.45) is 5.73 Å². The van der Waals surface area contributed by atoms with Gasteiger partial charge in [-0.15, -0.1) is 0 Å². The molecule has 1 saturated carbocycles. The van der Waals surface area contributed by atoms with Crippen molar-refractivity contribution >= 4 is 5.91 Å². The molecule has 0 unspecified atom stereocenters. The molecule has 0 radical (unpaired) electrons. The van der Waals surface area contributed by atoms with E-state index in [1.165, 1.54) is 12.0 Å². The second kappa shape index (κ2) is 7.45. The van der Waals surface area contributed by atoms with Crippen LogP contribution in [0.5, 0.6) is 0 Å². The molecule has 1 aromatic rings. The maximum Gasteiger partial charge on any atom is 0.240 e. The minimum Gasteiger partial charge on any atom is -0.352 e. The summed E-state index contributed by atoms with van der Waals surface area (Å²) in [6, 6.07) is 10.9. The average Bonchev–Trinajstić information content (AvgIpc) is 2.58. The molecule has 4 nitrogen and oxygen atoms in total. The van der Waals surface area contributed by atoms with Gasteiger partial charge in [-0.2, -0.15) is 0 Å². The van der Waals surface area contributed by atoms with Gasteiger partial charge in [0, 0.05) is 25.7 Å². The van der Waals surface area contributed by atoms with Crippen LogP contribution in [0.3, 0.4) is 0 Å². The van der Waals surface area contributed by atoms with Gasteiger partial charge in [0.2, 0.25) is 5.91 Å². The minimum absolute atomic E-state index is 0.0821. The number of likely N-dealkylation sites (tertiary alicyclic amines) is 1. The van der Waals surface area contributed by atoms with Crippen molar-refractivity contribution in [2.75, 3.05) is 13.1 Å². The lowest BCUT2D eigenvalue weighted by Crippen LogP contribution is -2.58. The zero-order chi connectivity index (χ0) is 16.1. The SMILES string of the molecule is NC1(C(=O)NC2CCN(Cc3ccccc3)CC2)CCCCC1. The van der Waals surface area contributed by atoms with Crippen molar-refractivity contribution in [3.8, 4) is 0 Å². The van der Waals surface area contributed by atoms with Crippen LogP contribution in [0.1, 0.15) is 50.5 Å². The minimum atomic E-state index is -0.612. The Hall–Kier alpha value is -1.39. The number of hydrogen-bond acceptors (Lipinski definition) is 3. The molecule has 2 aliphatic rings. The highest BCUT2D eigenvalue weighted by Gasteiger charge is 2.36. The summed E-state index contributed by atoms with van der Waals surface area (Å²) in [5.41, 5.74) is 7.07. The Morgan fingerprint density at radius 1 is 1.13 bits per heavy atom. The highest BCUT2D eigenvalue weighted by atomic mass is 16.2. The molecule has 1 amide bonds. The van der Waals surface area contributed by atoms with E-state index in [-0.39, 0.29) is 11.9 Å². The Morgan fingerprint density at radius 3 is 2.43 bits per heavy atom. The number of nitrogens with one attached hydrogen (secondary N) is 1. The molecular formula is C19H29N3O. The number of nitrogens with zero attached hydrogens (tertiary/aromatic N) is 1. The normalized spacial score (nSPS) is 22.7. The van der Waals surface area contributed by atoms with Crippen LogP contribution < -0.4 is 11.1 Å². The molecule has 3 rings (SSSR count). The van der Waals surface area contributed by atoms with E-state index >= 15 is 0 Å². The fourth-order valence-corrected chi connectivity index (χ4v) is 3.82. The number of rotatable bonds is 4. The van der Waals surface area contributed by atoms with E-state index in [9.17, 15) is 4.79 Å². The van der Waals surface area contributed by atoms with Gasteiger partial charge in [0.25, 0.3) is 0 Å². The predicted molar refractivity (Wildman–Crippen MR) is 92.9 cm³/mol. The highest BCUT2D eigenvalue weighted by molar-refractivity contribution is 5.86.